The minimum absolute atomic E-state index is 0.0397. The lowest BCUT2D eigenvalue weighted by Crippen LogP contribution is -2.48. The summed E-state index contributed by atoms with van der Waals surface area (Å²) < 4.78 is 63.4. The van der Waals surface area contributed by atoms with Crippen LogP contribution in [0.3, 0.4) is 0 Å². The van der Waals surface area contributed by atoms with E-state index in [0.29, 0.717) is 12.0 Å². The molecule has 0 aliphatic carbocycles. The van der Waals surface area contributed by atoms with E-state index >= 15 is 0 Å². The van der Waals surface area contributed by atoms with E-state index in [-0.39, 0.29) is 23.3 Å². The van der Waals surface area contributed by atoms with Gasteiger partial charge in [0, 0.05) is 6.07 Å². The van der Waals surface area contributed by atoms with Crippen LogP contribution < -0.4 is 20.2 Å². The van der Waals surface area contributed by atoms with Gasteiger partial charge in [0.05, 0.1) is 5.39 Å². The smallest absolute Gasteiger partial charge is 0.449 e. The monoisotopic (exact) mass is 577 g/mol. The van der Waals surface area contributed by atoms with Crippen LogP contribution in [0.25, 0.3) is 11.0 Å². The number of hydrogen-bond acceptors (Lipinski definition) is 7. The Hall–Kier alpha value is -4.02. The zero-order chi connectivity index (χ0) is 30.7. The molecular formula is C30H34F3NO7. The lowest BCUT2D eigenvalue weighted by Gasteiger charge is -2.25. The molecule has 1 amide bonds. The number of aryl methyl sites for hydroxylation is 2. The highest BCUT2D eigenvalue weighted by Gasteiger charge is 2.41. The zero-order valence-electron chi connectivity index (χ0n) is 24.0. The zero-order valence-corrected chi connectivity index (χ0v) is 24.0. The maximum atomic E-state index is 14.0. The van der Waals surface area contributed by atoms with Crippen molar-refractivity contribution >= 4 is 23.0 Å². The molecule has 1 heterocycles. The van der Waals surface area contributed by atoms with Crippen LogP contribution >= 0.6 is 0 Å². The summed E-state index contributed by atoms with van der Waals surface area (Å²) in [5.74, 6) is -3.97. The standard InChI is InChI=1S/C30H34F3NO7/c1-8-17-10-12-19(13-11-17)38-25-24(35)20-14-18(9-2)21(15-22(20)39-26(25)30(31,32)33)40-27(36)23(16(3)4)34-28(37)41-29(5,6)7/h10-16,23H,8-9H2,1-7H3,(H,34,37). The lowest BCUT2D eigenvalue weighted by atomic mass is 10.0. The fourth-order valence-electron chi connectivity index (χ4n) is 3.92. The third-order valence-corrected chi connectivity index (χ3v) is 6.03. The highest BCUT2D eigenvalue weighted by Crippen LogP contribution is 2.39. The summed E-state index contributed by atoms with van der Waals surface area (Å²) in [4.78, 5) is 38.7. The molecule has 0 spiro atoms. The molecule has 0 saturated carbocycles. The highest BCUT2D eigenvalue weighted by atomic mass is 19.4. The second-order valence-corrected chi connectivity index (χ2v) is 10.8. The van der Waals surface area contributed by atoms with E-state index in [1.807, 2.05) is 6.92 Å². The molecule has 0 bridgehead atoms. The van der Waals surface area contributed by atoms with Crippen molar-refractivity contribution in [3.8, 4) is 17.2 Å². The normalized spacial score (nSPS) is 12.8. The molecule has 1 aromatic heterocycles. The number of fused-ring (bicyclic) bond motifs is 1. The molecule has 1 N–H and O–H groups in total. The van der Waals surface area contributed by atoms with E-state index in [2.05, 4.69) is 5.32 Å². The first kappa shape index (κ1) is 31.5. The van der Waals surface area contributed by atoms with Crippen molar-refractivity contribution in [1.82, 2.24) is 5.32 Å². The SMILES string of the molecule is CCc1ccc(Oc2c(C(F)(F)F)oc3cc(OC(=O)C(NC(=O)OC(C)(C)C)C(C)C)c(CC)cc3c2=O)cc1. The van der Waals surface area contributed by atoms with Crippen molar-refractivity contribution in [2.75, 3.05) is 0 Å². The third-order valence-electron chi connectivity index (χ3n) is 6.03. The number of carbonyl (C=O) groups is 2. The summed E-state index contributed by atoms with van der Waals surface area (Å²) >= 11 is 0. The number of alkyl carbamates (subject to hydrolysis) is 1. The molecule has 3 aromatic rings. The van der Waals surface area contributed by atoms with E-state index in [4.69, 9.17) is 18.6 Å². The van der Waals surface area contributed by atoms with Crippen LogP contribution in [-0.2, 0) is 28.5 Å². The predicted octanol–water partition coefficient (Wildman–Crippen LogP) is 7.18. The fraction of sp³-hybridized carbons (Fsp3) is 0.433. The summed E-state index contributed by atoms with van der Waals surface area (Å²) in [6, 6.07) is 7.55. The van der Waals surface area contributed by atoms with Gasteiger partial charge in [0.1, 0.15) is 28.7 Å². The number of carbonyl (C=O) groups excluding carboxylic acids is 2. The molecule has 8 nitrogen and oxygen atoms in total. The van der Waals surface area contributed by atoms with E-state index in [1.165, 1.54) is 18.2 Å². The molecule has 0 fully saturated rings. The number of benzene rings is 2. The summed E-state index contributed by atoms with van der Waals surface area (Å²) in [5, 5.41) is 2.29. The number of nitrogens with one attached hydrogen (secondary N) is 1. The van der Waals surface area contributed by atoms with Gasteiger partial charge in [-0.2, -0.15) is 13.2 Å². The summed E-state index contributed by atoms with van der Waals surface area (Å²) in [6.45, 7) is 12.0. The first-order valence-electron chi connectivity index (χ1n) is 13.2. The summed E-state index contributed by atoms with van der Waals surface area (Å²) in [5.41, 5.74) is -0.987. The number of amides is 1. The van der Waals surface area contributed by atoms with Gasteiger partial charge < -0.3 is 23.9 Å². The molecule has 2 aromatic carbocycles. The Kier molecular flexibility index (Phi) is 9.40. The van der Waals surface area contributed by atoms with Crippen LogP contribution in [0.1, 0.15) is 65.4 Å². The molecule has 1 unspecified atom stereocenters. The molecule has 3 rings (SSSR count). The van der Waals surface area contributed by atoms with E-state index in [0.717, 1.165) is 11.6 Å². The summed E-state index contributed by atoms with van der Waals surface area (Å²) in [6.07, 6.45) is -4.92. The molecule has 41 heavy (non-hydrogen) atoms. The summed E-state index contributed by atoms with van der Waals surface area (Å²) in [7, 11) is 0. The second-order valence-electron chi connectivity index (χ2n) is 10.8. The molecular weight excluding hydrogens is 543 g/mol. The molecule has 222 valence electrons. The van der Waals surface area contributed by atoms with Crippen LogP contribution in [0.4, 0.5) is 18.0 Å². The Morgan fingerprint density at radius 2 is 1.63 bits per heavy atom. The van der Waals surface area contributed by atoms with Crippen molar-refractivity contribution in [1.29, 1.82) is 0 Å². The first-order valence-corrected chi connectivity index (χ1v) is 13.2. The van der Waals surface area contributed by atoms with Crippen LogP contribution in [0.2, 0.25) is 0 Å². The average Bonchev–Trinajstić information content (AvgIpc) is 2.87. The quantitative estimate of drug-likeness (QED) is 0.223. The molecule has 0 saturated heterocycles. The Morgan fingerprint density at radius 1 is 1.00 bits per heavy atom. The van der Waals surface area contributed by atoms with E-state index < -0.39 is 58.3 Å². The Bertz CT molecular complexity index is 1470. The van der Waals surface area contributed by atoms with Gasteiger partial charge in [-0.05, 0) is 68.9 Å². The van der Waals surface area contributed by atoms with Gasteiger partial charge >= 0.3 is 18.2 Å². The Balaban J connectivity index is 2.04. The second kappa shape index (κ2) is 12.2. The van der Waals surface area contributed by atoms with Gasteiger partial charge in [0.15, 0.2) is 0 Å². The third kappa shape index (κ3) is 7.80. The van der Waals surface area contributed by atoms with Gasteiger partial charge in [-0.15, -0.1) is 0 Å². The largest absolute Gasteiger partial charge is 0.453 e. The lowest BCUT2D eigenvalue weighted by molar-refractivity contribution is -0.154. The van der Waals surface area contributed by atoms with Crippen molar-refractivity contribution in [3.63, 3.8) is 0 Å². The van der Waals surface area contributed by atoms with Crippen LogP contribution in [0, 0.1) is 5.92 Å². The minimum atomic E-state index is -5.06. The van der Waals surface area contributed by atoms with Gasteiger partial charge in [-0.1, -0.05) is 39.8 Å². The first-order chi connectivity index (χ1) is 19.0. The number of ether oxygens (including phenoxy) is 3. The van der Waals surface area contributed by atoms with Crippen LogP contribution in [0.15, 0.2) is 45.6 Å². The molecule has 1 atom stereocenters. The number of alkyl halides is 3. The Morgan fingerprint density at radius 3 is 2.15 bits per heavy atom. The molecule has 0 radical (unpaired) electrons. The van der Waals surface area contributed by atoms with Gasteiger partial charge in [-0.3, -0.25) is 4.79 Å². The van der Waals surface area contributed by atoms with Crippen LogP contribution in [-0.4, -0.2) is 23.7 Å². The topological polar surface area (TPSA) is 104 Å². The molecule has 0 aliphatic heterocycles. The van der Waals surface area contributed by atoms with E-state index in [9.17, 15) is 27.6 Å². The predicted molar refractivity (Wildman–Crippen MR) is 146 cm³/mol. The Labute approximate surface area is 235 Å². The van der Waals surface area contributed by atoms with Gasteiger partial charge in [-0.25, -0.2) is 9.59 Å². The number of hydrogen-bond donors (Lipinski definition) is 1. The van der Waals surface area contributed by atoms with Crippen molar-refractivity contribution < 1.29 is 41.4 Å². The average molecular weight is 578 g/mol. The van der Waals surface area contributed by atoms with Crippen LogP contribution in [0.5, 0.6) is 17.2 Å². The van der Waals surface area contributed by atoms with Crippen molar-refractivity contribution in [2.24, 2.45) is 5.92 Å². The number of halogens is 3. The van der Waals surface area contributed by atoms with E-state index in [1.54, 1.807) is 53.7 Å². The van der Waals surface area contributed by atoms with Gasteiger partial charge in [0.25, 0.3) is 5.76 Å². The molecule has 0 aliphatic rings. The van der Waals surface area contributed by atoms with Crippen molar-refractivity contribution in [2.45, 2.75) is 79.1 Å². The number of rotatable bonds is 8. The maximum absolute atomic E-state index is 14.0. The highest BCUT2D eigenvalue weighted by molar-refractivity contribution is 5.86. The van der Waals surface area contributed by atoms with Crippen molar-refractivity contribution in [3.05, 3.63) is 63.5 Å². The maximum Gasteiger partial charge on any atom is 0.453 e. The molecule has 11 heteroatoms. The fourth-order valence-corrected chi connectivity index (χ4v) is 3.92. The van der Waals surface area contributed by atoms with Gasteiger partial charge in [0.2, 0.25) is 11.2 Å². The number of esters is 1. The minimum Gasteiger partial charge on any atom is -0.449 e.